The first-order valence-electron chi connectivity index (χ1n) is 5.80. The molecule has 1 amide bonds. The van der Waals surface area contributed by atoms with Crippen molar-refractivity contribution in [2.45, 2.75) is 26.7 Å². The number of alkyl carbamates (subject to hydrolysis) is 1. The van der Waals surface area contributed by atoms with E-state index < -0.39 is 0 Å². The number of hydrogen-bond acceptors (Lipinski definition) is 3. The van der Waals surface area contributed by atoms with Gasteiger partial charge in [0.1, 0.15) is 0 Å². The molecular formula is C11H23ClN2O2. The van der Waals surface area contributed by atoms with Crippen LogP contribution in [0.1, 0.15) is 26.7 Å². The molecule has 16 heavy (non-hydrogen) atoms. The molecule has 0 unspecified atom stereocenters. The first kappa shape index (κ1) is 15.5. The van der Waals surface area contributed by atoms with Crippen molar-refractivity contribution in [2.24, 2.45) is 11.8 Å². The first-order valence-corrected chi connectivity index (χ1v) is 5.80. The fourth-order valence-electron chi connectivity index (χ4n) is 1.61. The Labute approximate surface area is 104 Å². The number of amides is 1. The molecule has 1 fully saturated rings. The number of nitrogens with one attached hydrogen (secondary N) is 2. The van der Waals surface area contributed by atoms with Crippen LogP contribution in [0.4, 0.5) is 4.79 Å². The molecule has 1 saturated heterocycles. The lowest BCUT2D eigenvalue weighted by molar-refractivity contribution is 0.130. The largest absolute Gasteiger partial charge is 0.449 e. The maximum atomic E-state index is 11.2. The second-order valence-corrected chi connectivity index (χ2v) is 4.57. The molecule has 0 aromatic heterocycles. The lowest BCUT2D eigenvalue weighted by Gasteiger charge is -2.22. The van der Waals surface area contributed by atoms with Crippen LogP contribution >= 0.6 is 12.4 Å². The molecule has 0 aromatic carbocycles. The lowest BCUT2D eigenvalue weighted by atomic mass is 9.98. The van der Waals surface area contributed by atoms with E-state index in [1.807, 2.05) is 13.8 Å². The summed E-state index contributed by atoms with van der Waals surface area (Å²) in [7, 11) is 0. The van der Waals surface area contributed by atoms with Gasteiger partial charge < -0.3 is 15.4 Å². The van der Waals surface area contributed by atoms with E-state index in [0.717, 1.165) is 32.5 Å². The van der Waals surface area contributed by atoms with Gasteiger partial charge in [-0.2, -0.15) is 0 Å². The standard InChI is InChI=1S/C11H22N2O2.ClH/c1-9(2)8-15-11(14)13-7-10-3-5-12-6-4-10;/h9-10,12H,3-8H2,1-2H3,(H,13,14);1H. The number of hydrogen-bond donors (Lipinski definition) is 2. The van der Waals surface area contributed by atoms with Gasteiger partial charge in [0.05, 0.1) is 6.61 Å². The number of ether oxygens (including phenoxy) is 1. The molecule has 0 aliphatic carbocycles. The van der Waals surface area contributed by atoms with Crippen LogP contribution in [0.5, 0.6) is 0 Å². The fraction of sp³-hybridized carbons (Fsp3) is 0.909. The van der Waals surface area contributed by atoms with Gasteiger partial charge in [0.2, 0.25) is 0 Å². The monoisotopic (exact) mass is 250 g/mol. The van der Waals surface area contributed by atoms with Crippen molar-refractivity contribution >= 4 is 18.5 Å². The van der Waals surface area contributed by atoms with Gasteiger partial charge in [-0.05, 0) is 37.8 Å². The molecule has 1 aliphatic rings. The molecule has 0 aromatic rings. The molecule has 1 rings (SSSR count). The summed E-state index contributed by atoms with van der Waals surface area (Å²) < 4.78 is 5.03. The normalized spacial score (nSPS) is 16.7. The third-order valence-electron chi connectivity index (χ3n) is 2.54. The number of rotatable bonds is 4. The zero-order valence-electron chi connectivity index (χ0n) is 10.1. The number of carbonyl (C=O) groups is 1. The first-order chi connectivity index (χ1) is 7.18. The van der Waals surface area contributed by atoms with Crippen LogP contribution in [0, 0.1) is 11.8 Å². The Kier molecular flexibility index (Phi) is 8.39. The van der Waals surface area contributed by atoms with Crippen molar-refractivity contribution in [3.63, 3.8) is 0 Å². The Hall–Kier alpha value is -0.480. The van der Waals surface area contributed by atoms with E-state index in [9.17, 15) is 4.79 Å². The molecule has 4 nitrogen and oxygen atoms in total. The Morgan fingerprint density at radius 2 is 2.06 bits per heavy atom. The highest BCUT2D eigenvalue weighted by Gasteiger charge is 2.14. The van der Waals surface area contributed by atoms with Crippen LogP contribution in [-0.2, 0) is 4.74 Å². The van der Waals surface area contributed by atoms with Gasteiger partial charge in [0.15, 0.2) is 0 Å². The summed E-state index contributed by atoms with van der Waals surface area (Å²) in [6.07, 6.45) is 2.01. The average molecular weight is 251 g/mol. The second-order valence-electron chi connectivity index (χ2n) is 4.57. The highest BCUT2D eigenvalue weighted by atomic mass is 35.5. The van der Waals surface area contributed by atoms with Gasteiger partial charge >= 0.3 is 6.09 Å². The molecule has 1 aliphatic heterocycles. The van der Waals surface area contributed by atoms with Crippen LogP contribution in [0.2, 0.25) is 0 Å². The van der Waals surface area contributed by atoms with E-state index in [4.69, 9.17) is 4.74 Å². The topological polar surface area (TPSA) is 50.4 Å². The third kappa shape index (κ3) is 6.90. The SMILES string of the molecule is CC(C)COC(=O)NCC1CCNCC1.Cl. The summed E-state index contributed by atoms with van der Waals surface area (Å²) in [5.74, 6) is 1.01. The van der Waals surface area contributed by atoms with E-state index in [2.05, 4.69) is 10.6 Å². The van der Waals surface area contributed by atoms with Gasteiger partial charge in [-0.1, -0.05) is 13.8 Å². The number of carbonyl (C=O) groups excluding carboxylic acids is 1. The minimum absolute atomic E-state index is 0. The van der Waals surface area contributed by atoms with Crippen LogP contribution in [0.25, 0.3) is 0 Å². The van der Waals surface area contributed by atoms with Crippen molar-refractivity contribution in [2.75, 3.05) is 26.2 Å². The molecule has 1 heterocycles. The van der Waals surface area contributed by atoms with Crippen molar-refractivity contribution < 1.29 is 9.53 Å². The van der Waals surface area contributed by atoms with Crippen molar-refractivity contribution in [1.29, 1.82) is 0 Å². The van der Waals surface area contributed by atoms with Crippen molar-refractivity contribution in [3.05, 3.63) is 0 Å². The average Bonchev–Trinajstić information content (AvgIpc) is 2.25. The molecule has 2 N–H and O–H groups in total. The highest BCUT2D eigenvalue weighted by Crippen LogP contribution is 2.09. The second kappa shape index (κ2) is 8.65. The molecule has 0 saturated carbocycles. The Balaban J connectivity index is 0.00000225. The molecule has 0 spiro atoms. The molecule has 96 valence electrons. The summed E-state index contributed by atoms with van der Waals surface area (Å²) in [6.45, 7) is 7.43. The Morgan fingerprint density at radius 1 is 1.44 bits per heavy atom. The summed E-state index contributed by atoms with van der Waals surface area (Å²) in [5.41, 5.74) is 0. The fourth-order valence-corrected chi connectivity index (χ4v) is 1.61. The predicted molar refractivity (Wildman–Crippen MR) is 67.0 cm³/mol. The van der Waals surface area contributed by atoms with E-state index in [-0.39, 0.29) is 18.5 Å². The van der Waals surface area contributed by atoms with E-state index in [0.29, 0.717) is 18.4 Å². The Bertz CT molecular complexity index is 194. The number of halogens is 1. The molecule has 5 heteroatoms. The van der Waals surface area contributed by atoms with Gasteiger partial charge in [0, 0.05) is 6.54 Å². The Morgan fingerprint density at radius 3 is 2.62 bits per heavy atom. The summed E-state index contributed by atoms with van der Waals surface area (Å²) in [6, 6.07) is 0. The lowest BCUT2D eigenvalue weighted by Crippen LogP contribution is -2.36. The van der Waals surface area contributed by atoms with Gasteiger partial charge in [-0.3, -0.25) is 0 Å². The van der Waals surface area contributed by atoms with Gasteiger partial charge in [0.25, 0.3) is 0 Å². The quantitative estimate of drug-likeness (QED) is 0.800. The maximum Gasteiger partial charge on any atom is 0.407 e. The zero-order chi connectivity index (χ0) is 11.1. The minimum Gasteiger partial charge on any atom is -0.449 e. The third-order valence-corrected chi connectivity index (χ3v) is 2.54. The molecular weight excluding hydrogens is 228 g/mol. The zero-order valence-corrected chi connectivity index (χ0v) is 10.9. The maximum absolute atomic E-state index is 11.2. The van der Waals surface area contributed by atoms with E-state index in [1.165, 1.54) is 0 Å². The highest BCUT2D eigenvalue weighted by molar-refractivity contribution is 5.85. The number of piperidine rings is 1. The van der Waals surface area contributed by atoms with E-state index >= 15 is 0 Å². The van der Waals surface area contributed by atoms with E-state index in [1.54, 1.807) is 0 Å². The minimum atomic E-state index is -0.276. The summed E-state index contributed by atoms with van der Waals surface area (Å²) >= 11 is 0. The van der Waals surface area contributed by atoms with Crippen molar-refractivity contribution in [3.8, 4) is 0 Å². The smallest absolute Gasteiger partial charge is 0.407 e. The molecule has 0 atom stereocenters. The molecule has 0 bridgehead atoms. The van der Waals surface area contributed by atoms with Crippen molar-refractivity contribution in [1.82, 2.24) is 10.6 Å². The molecule has 0 radical (unpaired) electrons. The van der Waals surface area contributed by atoms with Crippen LogP contribution < -0.4 is 10.6 Å². The predicted octanol–water partition coefficient (Wildman–Crippen LogP) is 1.79. The van der Waals surface area contributed by atoms with Gasteiger partial charge in [-0.25, -0.2) is 4.79 Å². The van der Waals surface area contributed by atoms with Crippen LogP contribution in [-0.4, -0.2) is 32.3 Å². The summed E-state index contributed by atoms with van der Waals surface area (Å²) in [5, 5.41) is 6.12. The van der Waals surface area contributed by atoms with Gasteiger partial charge in [-0.15, -0.1) is 12.4 Å². The van der Waals surface area contributed by atoms with Crippen LogP contribution in [0.3, 0.4) is 0 Å². The van der Waals surface area contributed by atoms with Crippen LogP contribution in [0.15, 0.2) is 0 Å². The summed E-state index contributed by atoms with van der Waals surface area (Å²) in [4.78, 5) is 11.2.